The van der Waals surface area contributed by atoms with Crippen LogP contribution in [0.5, 0.6) is 0 Å². The number of nitrogens with one attached hydrogen (secondary N) is 1. The van der Waals surface area contributed by atoms with Gasteiger partial charge in [0.1, 0.15) is 5.54 Å². The maximum atomic E-state index is 14.8. The Balaban J connectivity index is 1.07. The van der Waals surface area contributed by atoms with Gasteiger partial charge >= 0.3 is 12.1 Å². The smallest absolute Gasteiger partial charge is 0.434 e. The van der Waals surface area contributed by atoms with Gasteiger partial charge in [-0.15, -0.1) is 0 Å². The number of hydrogen-bond acceptors (Lipinski definition) is 10. The number of anilines is 3. The van der Waals surface area contributed by atoms with Crippen LogP contribution < -0.4 is 15.1 Å². The lowest BCUT2D eigenvalue weighted by molar-refractivity contribution is -0.155. The molecule has 2 saturated heterocycles. The quantitative estimate of drug-likeness (QED) is 0.319. The molecule has 5 heterocycles. The number of piperazine rings is 1. The summed E-state index contributed by atoms with van der Waals surface area (Å²) in [6, 6.07) is 7.93. The number of carboxylic acid groups (broad SMARTS) is 1. The first-order valence-corrected chi connectivity index (χ1v) is 19.1. The van der Waals surface area contributed by atoms with Crippen molar-refractivity contribution in [3.05, 3.63) is 65.2 Å². The highest BCUT2D eigenvalue weighted by atomic mass is 19.4. The number of carbonyl (C=O) groups excluding carboxylic acids is 1. The molecule has 15 heteroatoms. The molecule has 0 radical (unpaired) electrons. The Labute approximate surface area is 312 Å². The van der Waals surface area contributed by atoms with Crippen molar-refractivity contribution in [2.24, 2.45) is 23.7 Å². The van der Waals surface area contributed by atoms with Gasteiger partial charge in [0.05, 0.1) is 5.56 Å². The lowest BCUT2D eigenvalue weighted by Crippen LogP contribution is -2.66. The second-order valence-corrected chi connectivity index (χ2v) is 16.2. The summed E-state index contributed by atoms with van der Waals surface area (Å²) in [6.07, 6.45) is 3.55. The van der Waals surface area contributed by atoms with E-state index in [9.17, 15) is 27.9 Å². The fourth-order valence-electron chi connectivity index (χ4n) is 10.2. The minimum absolute atomic E-state index is 0.154. The lowest BCUT2D eigenvalue weighted by Gasteiger charge is -2.52. The Morgan fingerprint density at radius 3 is 2.43 bits per heavy atom. The molecule has 2 aromatic heterocycles. The van der Waals surface area contributed by atoms with Crippen LogP contribution in [0.25, 0.3) is 0 Å². The Hall–Kier alpha value is -4.37. The summed E-state index contributed by atoms with van der Waals surface area (Å²) in [6.45, 7) is 9.25. The minimum atomic E-state index is -5.00. The Bertz CT molecular complexity index is 1880. The van der Waals surface area contributed by atoms with Crippen molar-refractivity contribution in [1.82, 2.24) is 30.2 Å². The second-order valence-electron chi connectivity index (χ2n) is 16.2. The van der Waals surface area contributed by atoms with E-state index in [4.69, 9.17) is 4.74 Å². The fourth-order valence-corrected chi connectivity index (χ4v) is 10.2. The first-order chi connectivity index (χ1) is 25.9. The van der Waals surface area contributed by atoms with Crippen LogP contribution in [0.3, 0.4) is 0 Å². The molecule has 2 N–H and O–H groups in total. The van der Waals surface area contributed by atoms with Crippen LogP contribution in [0.15, 0.2) is 42.9 Å². The molecule has 5 unspecified atom stereocenters. The third-order valence-corrected chi connectivity index (χ3v) is 12.8. The van der Waals surface area contributed by atoms with Gasteiger partial charge in [0.15, 0.2) is 5.69 Å². The normalized spacial score (nSPS) is 28.2. The van der Waals surface area contributed by atoms with Gasteiger partial charge < -0.3 is 25.0 Å². The second kappa shape index (κ2) is 14.0. The molecule has 1 aromatic carbocycles. The number of aromatic nitrogens is 4. The van der Waals surface area contributed by atoms with E-state index >= 15 is 0 Å². The van der Waals surface area contributed by atoms with Gasteiger partial charge in [-0.25, -0.2) is 24.7 Å². The molecule has 5 aliphatic rings. The summed E-state index contributed by atoms with van der Waals surface area (Å²) in [4.78, 5) is 50.3. The number of halogens is 3. The summed E-state index contributed by atoms with van der Waals surface area (Å²) in [5, 5.41) is 13.2. The van der Waals surface area contributed by atoms with Gasteiger partial charge in [-0.2, -0.15) is 13.2 Å². The zero-order valence-corrected chi connectivity index (χ0v) is 30.7. The SMILES string of the molecule is CC1CC2CC(C)C(NC(=O)c3cnc(N4CC5(CCOCC5)c5cc(CN6CCN(c7ncccn7)CC6)ccc54)nc3C(F)(F)F)(C(=O)O)C(C1)C2. The Morgan fingerprint density at radius 2 is 1.72 bits per heavy atom. The van der Waals surface area contributed by atoms with Gasteiger partial charge in [0, 0.05) is 82.2 Å². The molecule has 12 nitrogen and oxygen atoms in total. The third-order valence-electron chi connectivity index (χ3n) is 12.8. The number of ether oxygens (including phenoxy) is 1. The third kappa shape index (κ3) is 6.56. The van der Waals surface area contributed by atoms with Gasteiger partial charge in [-0.1, -0.05) is 26.0 Å². The van der Waals surface area contributed by atoms with Crippen molar-refractivity contribution in [2.75, 3.05) is 55.7 Å². The highest BCUT2D eigenvalue weighted by molar-refractivity contribution is 5.99. The molecule has 1 spiro atoms. The number of carbonyl (C=O) groups is 2. The molecule has 3 aliphatic heterocycles. The highest BCUT2D eigenvalue weighted by Gasteiger charge is 2.57. The number of fused-ring (bicyclic) bond motifs is 4. The number of alkyl halides is 3. The van der Waals surface area contributed by atoms with E-state index in [0.29, 0.717) is 57.8 Å². The molecule has 288 valence electrons. The molecular formula is C39H47F3N8O4. The predicted octanol–water partition coefficient (Wildman–Crippen LogP) is 5.45. The van der Waals surface area contributed by atoms with E-state index < -0.39 is 40.8 Å². The van der Waals surface area contributed by atoms with E-state index in [1.54, 1.807) is 30.3 Å². The molecule has 2 bridgehead atoms. The first kappa shape index (κ1) is 36.6. The molecule has 4 fully saturated rings. The average molecular weight is 749 g/mol. The number of nitrogens with zero attached hydrogens (tertiary/aromatic N) is 7. The number of amides is 1. The van der Waals surface area contributed by atoms with Gasteiger partial charge in [0.25, 0.3) is 5.91 Å². The van der Waals surface area contributed by atoms with Crippen LogP contribution in [0, 0.1) is 23.7 Å². The Kier molecular flexibility index (Phi) is 9.52. The number of carboxylic acids is 1. The maximum Gasteiger partial charge on any atom is 0.434 e. The summed E-state index contributed by atoms with van der Waals surface area (Å²) in [7, 11) is 0. The summed E-state index contributed by atoms with van der Waals surface area (Å²) < 4.78 is 50.3. The predicted molar refractivity (Wildman–Crippen MR) is 193 cm³/mol. The average Bonchev–Trinajstić information content (AvgIpc) is 3.45. The highest BCUT2D eigenvalue weighted by Crippen LogP contribution is 2.51. The van der Waals surface area contributed by atoms with Gasteiger partial charge in [-0.3, -0.25) is 9.69 Å². The molecule has 8 rings (SSSR count). The summed E-state index contributed by atoms with van der Waals surface area (Å²) in [5.41, 5.74) is -1.33. The zero-order chi connectivity index (χ0) is 37.8. The molecule has 2 saturated carbocycles. The Morgan fingerprint density at radius 1 is 0.981 bits per heavy atom. The van der Waals surface area contributed by atoms with Gasteiger partial charge in [0.2, 0.25) is 11.9 Å². The van der Waals surface area contributed by atoms with Crippen LogP contribution >= 0.6 is 0 Å². The van der Waals surface area contributed by atoms with E-state index in [1.165, 1.54) is 0 Å². The fraction of sp³-hybridized carbons (Fsp3) is 0.590. The van der Waals surface area contributed by atoms with Crippen molar-refractivity contribution in [3.63, 3.8) is 0 Å². The number of hydrogen-bond donors (Lipinski definition) is 2. The lowest BCUT2D eigenvalue weighted by atomic mass is 9.56. The first-order valence-electron chi connectivity index (χ1n) is 19.1. The summed E-state index contributed by atoms with van der Waals surface area (Å²) in [5.74, 6) is -2.03. The molecule has 3 aromatic rings. The van der Waals surface area contributed by atoms with Crippen molar-refractivity contribution in [3.8, 4) is 0 Å². The number of rotatable bonds is 7. The van der Waals surface area contributed by atoms with Crippen molar-refractivity contribution < 1.29 is 32.6 Å². The van der Waals surface area contributed by atoms with E-state index in [-0.39, 0.29) is 23.2 Å². The number of benzene rings is 1. The topological polar surface area (TPSA) is 137 Å². The van der Waals surface area contributed by atoms with E-state index in [2.05, 4.69) is 48.0 Å². The van der Waals surface area contributed by atoms with Crippen molar-refractivity contribution in [1.29, 1.82) is 0 Å². The van der Waals surface area contributed by atoms with E-state index in [0.717, 1.165) is 68.1 Å². The standard InChI is InChI=1S/C39H47F3N8O4/c1-24-16-27-18-25(2)38(34(52)53,28(17-24)19-27)47-33(51)29-21-45-36(46-32(29)39(40,41)42)50-23-37(6-14-54-15-7-37)30-20-26(4-5-31(30)50)22-48-10-12-49(13-11-48)35-43-8-3-9-44-35/h3-5,8-9,20-21,24-25,27-28H,6-7,10-19,22-23H2,1-2H3,(H,47,51)(H,52,53). The van der Waals surface area contributed by atoms with E-state index in [1.807, 2.05) is 12.1 Å². The monoisotopic (exact) mass is 748 g/mol. The van der Waals surface area contributed by atoms with Crippen LogP contribution in [0.1, 0.15) is 79.6 Å². The van der Waals surface area contributed by atoms with Crippen LogP contribution in [-0.2, 0) is 27.7 Å². The van der Waals surface area contributed by atoms with Crippen molar-refractivity contribution in [2.45, 2.75) is 76.0 Å². The molecular weight excluding hydrogens is 701 g/mol. The zero-order valence-electron chi connectivity index (χ0n) is 30.7. The van der Waals surface area contributed by atoms with Crippen LogP contribution in [-0.4, -0.2) is 93.3 Å². The number of aliphatic carboxylic acids is 1. The molecule has 54 heavy (non-hydrogen) atoms. The summed E-state index contributed by atoms with van der Waals surface area (Å²) >= 11 is 0. The minimum Gasteiger partial charge on any atom is -0.479 e. The molecule has 2 aliphatic carbocycles. The van der Waals surface area contributed by atoms with Crippen LogP contribution in [0.4, 0.5) is 30.8 Å². The molecule has 5 atom stereocenters. The van der Waals surface area contributed by atoms with Gasteiger partial charge in [-0.05, 0) is 85.5 Å². The van der Waals surface area contributed by atoms with Crippen molar-refractivity contribution >= 4 is 29.5 Å². The largest absolute Gasteiger partial charge is 0.479 e. The van der Waals surface area contributed by atoms with Crippen LogP contribution in [0.2, 0.25) is 0 Å². The molecule has 1 amide bonds. The maximum absolute atomic E-state index is 14.8.